The molecule has 7 nitrogen and oxygen atoms in total. The molecule has 3 fully saturated rings. The summed E-state index contributed by atoms with van der Waals surface area (Å²) in [7, 11) is 0. The molecule has 30 heavy (non-hydrogen) atoms. The van der Waals surface area contributed by atoms with Gasteiger partial charge < -0.3 is 15.1 Å². The first kappa shape index (κ1) is 23.1. The van der Waals surface area contributed by atoms with E-state index in [9.17, 15) is 22.8 Å². The first-order chi connectivity index (χ1) is 14.3. The van der Waals surface area contributed by atoms with Gasteiger partial charge in [-0.1, -0.05) is 12.8 Å². The number of alkyl halides is 3. The van der Waals surface area contributed by atoms with E-state index in [-0.39, 0.29) is 17.9 Å². The maximum Gasteiger partial charge on any atom is 0.401 e. The molecular formula is C20H34F3N5O2. The molecule has 0 radical (unpaired) electrons. The standard InChI is InChI=1S/C20H34F3N5O2/c21-20(22,23)16-26-8-5-17(14-26)13-24-19(30)28-11-9-25(10-12-28)15-18(29)27-6-3-1-2-4-7-27/h17H,1-16H2,(H,24,30). The molecule has 0 saturated carbocycles. The lowest BCUT2D eigenvalue weighted by Crippen LogP contribution is -2.54. The average Bonchev–Trinajstić information content (AvgIpc) is 2.95. The summed E-state index contributed by atoms with van der Waals surface area (Å²) in [5.41, 5.74) is 0. The molecule has 0 spiro atoms. The van der Waals surface area contributed by atoms with Crippen LogP contribution in [0.2, 0.25) is 0 Å². The van der Waals surface area contributed by atoms with Crippen LogP contribution in [0, 0.1) is 5.92 Å². The Hall–Kier alpha value is -1.55. The number of halogens is 3. The molecule has 172 valence electrons. The predicted octanol–water partition coefficient (Wildman–Crippen LogP) is 1.60. The largest absolute Gasteiger partial charge is 0.401 e. The number of hydrogen-bond donors (Lipinski definition) is 1. The van der Waals surface area contributed by atoms with Gasteiger partial charge in [0.25, 0.3) is 0 Å². The maximum absolute atomic E-state index is 12.5. The van der Waals surface area contributed by atoms with Crippen LogP contribution in [0.5, 0.6) is 0 Å². The van der Waals surface area contributed by atoms with E-state index in [2.05, 4.69) is 10.2 Å². The minimum atomic E-state index is -4.17. The van der Waals surface area contributed by atoms with E-state index in [1.54, 1.807) is 4.90 Å². The van der Waals surface area contributed by atoms with Gasteiger partial charge in [-0.05, 0) is 31.7 Å². The van der Waals surface area contributed by atoms with Crippen molar-refractivity contribution in [3.05, 3.63) is 0 Å². The molecule has 3 rings (SSSR count). The Morgan fingerprint density at radius 1 is 0.833 bits per heavy atom. The summed E-state index contributed by atoms with van der Waals surface area (Å²) in [5, 5.41) is 2.88. The summed E-state index contributed by atoms with van der Waals surface area (Å²) in [4.78, 5) is 32.1. The van der Waals surface area contributed by atoms with Gasteiger partial charge in [0.1, 0.15) is 0 Å². The average molecular weight is 434 g/mol. The fourth-order valence-corrected chi connectivity index (χ4v) is 4.54. The van der Waals surface area contributed by atoms with E-state index in [4.69, 9.17) is 0 Å². The molecule has 3 amide bonds. The topological polar surface area (TPSA) is 59.1 Å². The van der Waals surface area contributed by atoms with Crippen LogP contribution in [-0.4, -0.2) is 110 Å². The molecule has 0 aromatic carbocycles. The van der Waals surface area contributed by atoms with E-state index in [0.717, 1.165) is 25.9 Å². The molecular weight excluding hydrogens is 399 g/mol. The van der Waals surface area contributed by atoms with Gasteiger partial charge in [-0.25, -0.2) is 4.79 Å². The lowest BCUT2D eigenvalue weighted by atomic mass is 10.1. The highest BCUT2D eigenvalue weighted by Gasteiger charge is 2.34. The quantitative estimate of drug-likeness (QED) is 0.716. The fourth-order valence-electron chi connectivity index (χ4n) is 4.54. The number of nitrogens with zero attached hydrogens (tertiary/aromatic N) is 4. The number of carbonyl (C=O) groups excluding carboxylic acids is 2. The third kappa shape index (κ3) is 7.30. The molecule has 3 aliphatic heterocycles. The molecule has 1 N–H and O–H groups in total. The van der Waals surface area contributed by atoms with Gasteiger partial charge in [-0.15, -0.1) is 0 Å². The molecule has 0 bridgehead atoms. The van der Waals surface area contributed by atoms with Crippen LogP contribution < -0.4 is 5.32 Å². The van der Waals surface area contributed by atoms with Gasteiger partial charge in [-0.3, -0.25) is 14.6 Å². The second-order valence-corrected chi connectivity index (χ2v) is 8.75. The third-order valence-corrected chi connectivity index (χ3v) is 6.29. The number of rotatable bonds is 5. The van der Waals surface area contributed by atoms with Gasteiger partial charge in [0.05, 0.1) is 13.1 Å². The van der Waals surface area contributed by atoms with Crippen LogP contribution in [0.4, 0.5) is 18.0 Å². The smallest absolute Gasteiger partial charge is 0.342 e. The number of likely N-dealkylation sites (tertiary alicyclic amines) is 2. The lowest BCUT2D eigenvalue weighted by molar-refractivity contribution is -0.143. The van der Waals surface area contributed by atoms with Gasteiger partial charge in [0.15, 0.2) is 0 Å². The molecule has 10 heteroatoms. The normalized spacial score (nSPS) is 24.7. The van der Waals surface area contributed by atoms with Crippen molar-refractivity contribution >= 4 is 11.9 Å². The zero-order valence-corrected chi connectivity index (χ0v) is 17.6. The number of carbonyl (C=O) groups is 2. The molecule has 0 aromatic heterocycles. The molecule has 3 saturated heterocycles. The van der Waals surface area contributed by atoms with Crippen molar-refractivity contribution in [2.45, 2.75) is 38.3 Å². The van der Waals surface area contributed by atoms with Crippen LogP contribution in [0.1, 0.15) is 32.1 Å². The molecule has 3 aliphatic rings. The predicted molar refractivity (Wildman–Crippen MR) is 107 cm³/mol. The molecule has 1 unspecified atom stereocenters. The van der Waals surface area contributed by atoms with E-state index in [1.807, 2.05) is 4.90 Å². The highest BCUT2D eigenvalue weighted by atomic mass is 19.4. The molecule has 0 aliphatic carbocycles. The van der Waals surface area contributed by atoms with Crippen molar-refractivity contribution in [3.8, 4) is 0 Å². The highest BCUT2D eigenvalue weighted by molar-refractivity contribution is 5.78. The molecule has 1 atom stereocenters. The summed E-state index contributed by atoms with van der Waals surface area (Å²) < 4.78 is 37.4. The summed E-state index contributed by atoms with van der Waals surface area (Å²) in [6.45, 7) is 4.87. The Bertz CT molecular complexity index is 573. The molecule has 0 aromatic rings. The maximum atomic E-state index is 12.5. The van der Waals surface area contributed by atoms with Crippen LogP contribution >= 0.6 is 0 Å². The summed E-state index contributed by atoms with van der Waals surface area (Å²) >= 11 is 0. The monoisotopic (exact) mass is 433 g/mol. The van der Waals surface area contributed by atoms with Gasteiger partial charge >= 0.3 is 12.2 Å². The van der Waals surface area contributed by atoms with E-state index < -0.39 is 12.7 Å². The van der Waals surface area contributed by atoms with Crippen molar-refractivity contribution in [3.63, 3.8) is 0 Å². The van der Waals surface area contributed by atoms with E-state index in [0.29, 0.717) is 58.8 Å². The van der Waals surface area contributed by atoms with Crippen molar-refractivity contribution in [2.75, 3.05) is 72.0 Å². The van der Waals surface area contributed by atoms with Crippen molar-refractivity contribution in [2.24, 2.45) is 5.92 Å². The van der Waals surface area contributed by atoms with Crippen LogP contribution in [0.15, 0.2) is 0 Å². The second-order valence-electron chi connectivity index (χ2n) is 8.75. The van der Waals surface area contributed by atoms with E-state index >= 15 is 0 Å². The zero-order valence-electron chi connectivity index (χ0n) is 17.6. The number of amides is 3. The van der Waals surface area contributed by atoms with E-state index in [1.165, 1.54) is 17.7 Å². The third-order valence-electron chi connectivity index (χ3n) is 6.29. The summed E-state index contributed by atoms with van der Waals surface area (Å²) in [5.74, 6) is 0.239. The van der Waals surface area contributed by atoms with Crippen LogP contribution in [-0.2, 0) is 4.79 Å². The van der Waals surface area contributed by atoms with Gasteiger partial charge in [0, 0.05) is 52.4 Å². The number of nitrogens with one attached hydrogen (secondary N) is 1. The van der Waals surface area contributed by atoms with Crippen molar-refractivity contribution in [1.29, 1.82) is 0 Å². The second kappa shape index (κ2) is 10.7. The Morgan fingerprint density at radius 2 is 1.50 bits per heavy atom. The lowest BCUT2D eigenvalue weighted by Gasteiger charge is -2.35. The van der Waals surface area contributed by atoms with Gasteiger partial charge in [0.2, 0.25) is 5.91 Å². The number of hydrogen-bond acceptors (Lipinski definition) is 4. The van der Waals surface area contributed by atoms with Gasteiger partial charge in [-0.2, -0.15) is 13.2 Å². The number of piperazine rings is 1. The first-order valence-corrected chi connectivity index (χ1v) is 11.1. The number of urea groups is 1. The SMILES string of the molecule is O=C(CN1CCN(C(=O)NCC2CCN(CC(F)(F)F)C2)CC1)N1CCCCCC1. The first-order valence-electron chi connectivity index (χ1n) is 11.1. The fraction of sp³-hybridized carbons (Fsp3) is 0.900. The Morgan fingerprint density at radius 3 is 2.13 bits per heavy atom. The van der Waals surface area contributed by atoms with Crippen LogP contribution in [0.3, 0.4) is 0 Å². The van der Waals surface area contributed by atoms with Crippen molar-refractivity contribution < 1.29 is 22.8 Å². The zero-order chi connectivity index (χ0) is 21.6. The summed E-state index contributed by atoms with van der Waals surface area (Å²) in [6.07, 6.45) is 1.04. The minimum absolute atomic E-state index is 0.0591. The minimum Gasteiger partial charge on any atom is -0.342 e. The molecule has 3 heterocycles. The Balaban J connectivity index is 1.32. The Labute approximate surface area is 176 Å². The summed E-state index contributed by atoms with van der Waals surface area (Å²) in [6, 6.07) is -0.164. The van der Waals surface area contributed by atoms with Crippen molar-refractivity contribution in [1.82, 2.24) is 24.9 Å². The Kier molecular flexibility index (Phi) is 8.21. The van der Waals surface area contributed by atoms with Crippen LogP contribution in [0.25, 0.3) is 0 Å². The highest BCUT2D eigenvalue weighted by Crippen LogP contribution is 2.22.